The van der Waals surface area contributed by atoms with Crippen molar-refractivity contribution in [2.24, 2.45) is 0 Å². The molecule has 0 heterocycles. The average Bonchev–Trinajstić information content (AvgIpc) is 2.45. The smallest absolute Gasteiger partial charge is 0.0129 e. The van der Waals surface area contributed by atoms with Crippen LogP contribution in [0.1, 0.15) is 62.8 Å². The summed E-state index contributed by atoms with van der Waals surface area (Å²) in [5.74, 6) is 0.607. The predicted octanol–water partition coefficient (Wildman–Crippen LogP) is 5.87. The van der Waals surface area contributed by atoms with Crippen LogP contribution in [0.2, 0.25) is 0 Å². The Morgan fingerprint density at radius 1 is 1.00 bits per heavy atom. The van der Waals surface area contributed by atoms with E-state index in [0.717, 1.165) is 6.42 Å². The van der Waals surface area contributed by atoms with Gasteiger partial charge in [0.1, 0.15) is 0 Å². The maximum absolute atomic E-state index is 2.39. The van der Waals surface area contributed by atoms with Gasteiger partial charge in [0, 0.05) is 0 Å². The van der Waals surface area contributed by atoms with Crippen molar-refractivity contribution >= 4 is 0 Å². The summed E-state index contributed by atoms with van der Waals surface area (Å²) in [4.78, 5) is 0. The summed E-state index contributed by atoms with van der Waals surface area (Å²) in [6.07, 6.45) is 2.31. The van der Waals surface area contributed by atoms with Gasteiger partial charge < -0.3 is 0 Å². The fourth-order valence-corrected chi connectivity index (χ4v) is 3.85. The minimum Gasteiger partial charge on any atom is -0.0614 e. The molecule has 0 heteroatoms. The fourth-order valence-electron chi connectivity index (χ4n) is 3.85. The van der Waals surface area contributed by atoms with E-state index in [4.69, 9.17) is 0 Å². The number of aryl methyl sites for hydroxylation is 1. The first-order valence-electron chi connectivity index (χ1n) is 8.18. The summed E-state index contributed by atoms with van der Waals surface area (Å²) in [5, 5.41) is 0. The summed E-state index contributed by atoms with van der Waals surface area (Å²) in [6, 6.07) is 13.7. The van der Waals surface area contributed by atoms with Gasteiger partial charge in [-0.2, -0.15) is 0 Å². The molecule has 0 bridgehead atoms. The van der Waals surface area contributed by atoms with Gasteiger partial charge in [0.2, 0.25) is 0 Å². The number of hydrogen-bond donors (Lipinski definition) is 0. The molecule has 0 radical (unpaired) electrons. The van der Waals surface area contributed by atoms with Gasteiger partial charge in [0.15, 0.2) is 0 Å². The lowest BCUT2D eigenvalue weighted by Gasteiger charge is -2.33. The first-order chi connectivity index (χ1) is 9.93. The minimum atomic E-state index is 0.208. The van der Waals surface area contributed by atoms with Crippen LogP contribution >= 0.6 is 0 Å². The van der Waals surface area contributed by atoms with Crippen LogP contribution in [-0.2, 0) is 18.3 Å². The van der Waals surface area contributed by atoms with Crippen molar-refractivity contribution in [3.8, 4) is 11.1 Å². The lowest BCUT2D eigenvalue weighted by Crippen LogP contribution is -2.20. The second kappa shape index (κ2) is 5.02. The largest absolute Gasteiger partial charge is 0.0614 e. The summed E-state index contributed by atoms with van der Waals surface area (Å²) in [5.41, 5.74) is 9.32. The van der Waals surface area contributed by atoms with Gasteiger partial charge in [-0.05, 0) is 57.6 Å². The van der Waals surface area contributed by atoms with Crippen LogP contribution in [0.15, 0.2) is 36.4 Å². The zero-order chi connectivity index (χ0) is 15.2. The molecule has 2 aromatic rings. The van der Waals surface area contributed by atoms with Gasteiger partial charge >= 0.3 is 0 Å². The summed E-state index contributed by atoms with van der Waals surface area (Å²) < 4.78 is 0. The molecule has 0 N–H and O–H groups in total. The Hall–Kier alpha value is -1.56. The van der Waals surface area contributed by atoms with Crippen LogP contribution in [0.5, 0.6) is 0 Å². The van der Waals surface area contributed by atoms with Crippen LogP contribution in [0.25, 0.3) is 11.1 Å². The number of benzene rings is 2. The molecule has 0 spiro atoms. The molecule has 0 saturated heterocycles. The molecule has 0 saturated carbocycles. The Morgan fingerprint density at radius 2 is 1.67 bits per heavy atom. The average molecular weight is 278 g/mol. The van der Waals surface area contributed by atoms with Crippen LogP contribution < -0.4 is 0 Å². The SMILES string of the molecule is CCc1cccc2c1CC(C)c1c-2cccc1C(C)(C)C. The second-order valence-electron chi connectivity index (χ2n) is 7.42. The molecular weight excluding hydrogens is 252 g/mol. The van der Waals surface area contributed by atoms with E-state index in [0.29, 0.717) is 5.92 Å². The number of fused-ring (bicyclic) bond motifs is 3. The zero-order valence-corrected chi connectivity index (χ0v) is 14.0. The van der Waals surface area contributed by atoms with Gasteiger partial charge in [-0.15, -0.1) is 0 Å². The molecule has 1 unspecified atom stereocenters. The van der Waals surface area contributed by atoms with Crippen molar-refractivity contribution in [3.63, 3.8) is 0 Å². The Kier molecular flexibility index (Phi) is 3.43. The third kappa shape index (κ3) is 2.31. The number of rotatable bonds is 1. The molecule has 3 rings (SSSR count). The van der Waals surface area contributed by atoms with Crippen molar-refractivity contribution in [1.29, 1.82) is 0 Å². The third-order valence-electron chi connectivity index (χ3n) is 4.86. The maximum atomic E-state index is 2.39. The minimum absolute atomic E-state index is 0.208. The molecule has 0 aromatic heterocycles. The molecule has 1 aliphatic carbocycles. The first kappa shape index (κ1) is 14.4. The standard InChI is InChI=1S/C21H26/c1-6-15-9-7-10-16-17-11-8-12-19(21(3,4)5)20(17)14(2)13-18(15)16/h7-12,14H,6,13H2,1-5H3. The summed E-state index contributed by atoms with van der Waals surface area (Å²) in [6.45, 7) is 11.6. The molecule has 1 atom stereocenters. The van der Waals surface area contributed by atoms with Gasteiger partial charge in [-0.25, -0.2) is 0 Å². The van der Waals surface area contributed by atoms with Crippen molar-refractivity contribution in [2.75, 3.05) is 0 Å². The quantitative estimate of drug-likeness (QED) is 0.611. The normalized spacial score (nSPS) is 17.3. The maximum Gasteiger partial charge on any atom is -0.0129 e. The number of hydrogen-bond acceptors (Lipinski definition) is 0. The van der Waals surface area contributed by atoms with E-state index in [1.54, 1.807) is 11.1 Å². The molecule has 21 heavy (non-hydrogen) atoms. The highest BCUT2D eigenvalue weighted by Crippen LogP contribution is 2.45. The van der Waals surface area contributed by atoms with E-state index in [2.05, 4.69) is 71.0 Å². The summed E-state index contributed by atoms with van der Waals surface area (Å²) >= 11 is 0. The van der Waals surface area contributed by atoms with Crippen LogP contribution in [0, 0.1) is 0 Å². The van der Waals surface area contributed by atoms with Gasteiger partial charge in [-0.1, -0.05) is 71.0 Å². The Balaban J connectivity index is 2.30. The molecule has 110 valence electrons. The monoisotopic (exact) mass is 278 g/mol. The fraction of sp³-hybridized carbons (Fsp3) is 0.429. The first-order valence-corrected chi connectivity index (χ1v) is 8.18. The highest BCUT2D eigenvalue weighted by molar-refractivity contribution is 5.76. The topological polar surface area (TPSA) is 0 Å². The molecule has 0 aliphatic heterocycles. The van der Waals surface area contributed by atoms with Crippen molar-refractivity contribution in [1.82, 2.24) is 0 Å². The zero-order valence-electron chi connectivity index (χ0n) is 14.0. The van der Waals surface area contributed by atoms with Crippen LogP contribution in [-0.4, -0.2) is 0 Å². The summed E-state index contributed by atoms with van der Waals surface area (Å²) in [7, 11) is 0. The lowest BCUT2D eigenvalue weighted by molar-refractivity contribution is 0.571. The molecule has 0 amide bonds. The van der Waals surface area contributed by atoms with Crippen molar-refractivity contribution in [3.05, 3.63) is 58.7 Å². The highest BCUT2D eigenvalue weighted by Gasteiger charge is 2.28. The molecular formula is C21H26. The van der Waals surface area contributed by atoms with Gasteiger partial charge in [0.25, 0.3) is 0 Å². The van der Waals surface area contributed by atoms with Gasteiger partial charge in [0.05, 0.1) is 0 Å². The Labute approximate surface area is 129 Å². The van der Waals surface area contributed by atoms with Gasteiger partial charge in [-0.3, -0.25) is 0 Å². The second-order valence-corrected chi connectivity index (χ2v) is 7.42. The van der Waals surface area contributed by atoms with Crippen LogP contribution in [0.3, 0.4) is 0 Å². The molecule has 1 aliphatic rings. The molecule has 0 fully saturated rings. The Morgan fingerprint density at radius 3 is 2.33 bits per heavy atom. The van der Waals surface area contributed by atoms with E-state index in [1.165, 1.54) is 28.7 Å². The predicted molar refractivity (Wildman–Crippen MR) is 92.1 cm³/mol. The van der Waals surface area contributed by atoms with E-state index >= 15 is 0 Å². The van der Waals surface area contributed by atoms with Crippen molar-refractivity contribution < 1.29 is 0 Å². The lowest BCUT2D eigenvalue weighted by atomic mass is 9.71. The highest BCUT2D eigenvalue weighted by atomic mass is 14.3. The van der Waals surface area contributed by atoms with E-state index < -0.39 is 0 Å². The van der Waals surface area contributed by atoms with Crippen LogP contribution in [0.4, 0.5) is 0 Å². The Bertz CT molecular complexity index is 671. The van der Waals surface area contributed by atoms with E-state index in [1.807, 2.05) is 0 Å². The molecule has 2 aromatic carbocycles. The third-order valence-corrected chi connectivity index (χ3v) is 4.86. The van der Waals surface area contributed by atoms with E-state index in [-0.39, 0.29) is 5.41 Å². The molecule has 0 nitrogen and oxygen atoms in total. The van der Waals surface area contributed by atoms with E-state index in [9.17, 15) is 0 Å². The van der Waals surface area contributed by atoms with Crippen molar-refractivity contribution in [2.45, 2.75) is 58.8 Å².